The fourth-order valence-corrected chi connectivity index (χ4v) is 17.0. The van der Waals surface area contributed by atoms with Gasteiger partial charge in [0.05, 0.1) is 44.6 Å². The zero-order valence-electron chi connectivity index (χ0n) is 70.8. The number of fused-ring (bicyclic) bond motifs is 2. The van der Waals surface area contributed by atoms with Gasteiger partial charge in [0.2, 0.25) is 0 Å². The molecule has 10 aliphatic rings. The van der Waals surface area contributed by atoms with Crippen LogP contribution in [-0.2, 0) is 76.3 Å². The van der Waals surface area contributed by atoms with Crippen LogP contribution in [0.5, 0.6) is 0 Å². The summed E-state index contributed by atoms with van der Waals surface area (Å²) in [5.41, 5.74) is -5.17. The van der Waals surface area contributed by atoms with Crippen LogP contribution in [0.25, 0.3) is 0 Å². The molecule has 2 saturated heterocycles. The highest BCUT2D eigenvalue weighted by molar-refractivity contribution is 5.86. The van der Waals surface area contributed by atoms with Crippen LogP contribution in [0.4, 0.5) is 0 Å². The second-order valence-electron chi connectivity index (χ2n) is 37.8. The Morgan fingerprint density at radius 1 is 0.415 bits per heavy atom. The number of carbonyl (C=O) groups excluding carboxylic acids is 8. The molecule has 11 atom stereocenters. The predicted octanol–water partition coefficient (Wildman–Crippen LogP) is 20.4. The fourth-order valence-electron chi connectivity index (χ4n) is 17.0. The van der Waals surface area contributed by atoms with Gasteiger partial charge >= 0.3 is 47.8 Å². The first-order valence-electron chi connectivity index (χ1n) is 41.9. The van der Waals surface area contributed by atoms with E-state index in [1.54, 1.807) is 0 Å². The Hall–Kier alpha value is -5.26. The van der Waals surface area contributed by atoms with Crippen molar-refractivity contribution in [2.24, 2.45) is 78.8 Å². The van der Waals surface area contributed by atoms with Crippen LogP contribution in [-0.4, -0.2) is 94.6 Å². The number of esters is 8. The second-order valence-corrected chi connectivity index (χ2v) is 37.8. The van der Waals surface area contributed by atoms with E-state index in [-0.39, 0.29) is 116 Å². The molecule has 0 aromatic rings. The molecule has 2 heterocycles. The summed E-state index contributed by atoms with van der Waals surface area (Å²) in [7, 11) is 0. The Labute approximate surface area is 640 Å². The lowest BCUT2D eigenvalue weighted by molar-refractivity contribution is -0.180. The van der Waals surface area contributed by atoms with Crippen molar-refractivity contribution < 1.29 is 76.3 Å². The molecule has 8 aliphatic carbocycles. The maximum absolute atomic E-state index is 12.4. The molecule has 10 rings (SSSR count). The van der Waals surface area contributed by atoms with Crippen molar-refractivity contribution in [3.63, 3.8) is 0 Å². The van der Waals surface area contributed by atoms with Gasteiger partial charge in [0.1, 0.15) is 46.8 Å². The van der Waals surface area contributed by atoms with Gasteiger partial charge in [-0.2, -0.15) is 10.5 Å². The molecule has 0 radical (unpaired) electrons. The van der Waals surface area contributed by atoms with E-state index in [2.05, 4.69) is 60.6 Å². The van der Waals surface area contributed by atoms with Gasteiger partial charge in [0, 0.05) is 23.7 Å². The third kappa shape index (κ3) is 20.5. The van der Waals surface area contributed by atoms with E-state index in [1.165, 1.54) is 89.9 Å². The molecule has 2 aliphatic heterocycles. The van der Waals surface area contributed by atoms with Crippen molar-refractivity contribution in [3.8, 4) is 12.1 Å². The van der Waals surface area contributed by atoms with E-state index in [0.29, 0.717) is 37.5 Å². The Kier molecular flexibility index (Phi) is 31.6. The zero-order valence-corrected chi connectivity index (χ0v) is 70.8. The lowest BCUT2D eigenvalue weighted by Crippen LogP contribution is -2.45. The smallest absolute Gasteiger partial charge is 0.327 e. The predicted molar refractivity (Wildman–Crippen MR) is 410 cm³/mol. The van der Waals surface area contributed by atoms with E-state index >= 15 is 0 Å². The third-order valence-corrected chi connectivity index (χ3v) is 28.4. The number of hydrogen-bond acceptors (Lipinski definition) is 18. The van der Waals surface area contributed by atoms with Gasteiger partial charge < -0.3 is 37.9 Å². The van der Waals surface area contributed by atoms with Gasteiger partial charge in [-0.25, -0.2) is 0 Å². The summed E-state index contributed by atoms with van der Waals surface area (Å²) < 4.78 is 45.4. The van der Waals surface area contributed by atoms with Crippen LogP contribution in [0.1, 0.15) is 372 Å². The molecular formula is C88H146N2O16. The minimum Gasteiger partial charge on any atom is -0.459 e. The maximum Gasteiger partial charge on any atom is 0.327 e. The zero-order chi connectivity index (χ0) is 80.1. The second kappa shape index (κ2) is 36.7. The van der Waals surface area contributed by atoms with Crippen molar-refractivity contribution in [1.82, 2.24) is 0 Å². The SMILES string of the molecule is CCC(C)(C)C(=O)OC(C)(CC)C1CCCCC1.CCC(C)(C)C(=O)OC(CC)(CC)C1CCCCC1.CCC(C)(C)C(=O)OC1(C)CCCC1.CCC(C)(C)C(=O)OC1C2CC3C1OC(=O)C3(C#N)C2.CCC(C)(C)C(=O)OC1C2CC3C1OC(=O)C3(C#N)C2.CCC1(OC(=O)C(C)(C)CC)CCCC1. The average molecular weight is 1490 g/mol. The Morgan fingerprint density at radius 3 is 1.08 bits per heavy atom. The Morgan fingerprint density at radius 2 is 0.745 bits per heavy atom. The van der Waals surface area contributed by atoms with Crippen LogP contribution in [0, 0.1) is 101 Å². The van der Waals surface area contributed by atoms with Gasteiger partial charge in [-0.3, -0.25) is 38.4 Å². The molecule has 0 N–H and O–H groups in total. The fraction of sp³-hybridized carbons (Fsp3) is 0.886. The highest BCUT2D eigenvalue weighted by Crippen LogP contribution is 2.64. The molecule has 18 heteroatoms. The standard InChI is InChI=1S/C17H32O2.C16H30O2.2C15H19NO4.C13H24O2.C12H22O2/c1-6-16(4,5)15(18)19-17(7-2,8-3)14-12-10-9-11-13-14;1-6-15(3,4)14(17)18-16(5,7-2)13-11-9-8-10-12-13;2*1-4-14(2,3)12(17)19-10-8-5-9-11(10)20-13(18)15(9,6-8)7-16;1-5-12(3,4)11(14)15-13(6-2)9-7-8-10-13;1-5-11(2,3)10(13)14-12(4)8-6-7-9-12/h14H,6-13H2,1-5H3;13H,6-12H2,1-5H3;2*8-11H,4-6H2,1-3H3;5-10H2,1-4H3;5-9H2,1-4H3. The summed E-state index contributed by atoms with van der Waals surface area (Å²) in [6, 6.07) is 4.30. The number of carbonyl (C=O) groups is 8. The summed E-state index contributed by atoms with van der Waals surface area (Å²) >= 11 is 0. The van der Waals surface area contributed by atoms with Crippen LogP contribution < -0.4 is 0 Å². The number of nitriles is 2. The van der Waals surface area contributed by atoms with E-state index < -0.39 is 45.8 Å². The van der Waals surface area contributed by atoms with Crippen LogP contribution >= 0.6 is 0 Å². The van der Waals surface area contributed by atoms with E-state index in [9.17, 15) is 48.9 Å². The largest absolute Gasteiger partial charge is 0.459 e. The van der Waals surface area contributed by atoms with Gasteiger partial charge in [-0.1, -0.05) is 108 Å². The van der Waals surface area contributed by atoms with E-state index in [4.69, 9.17) is 37.9 Å². The van der Waals surface area contributed by atoms with Crippen molar-refractivity contribution in [2.75, 3.05) is 0 Å². The van der Waals surface area contributed by atoms with Crippen molar-refractivity contribution in [2.45, 2.75) is 418 Å². The lowest BCUT2D eigenvalue weighted by Gasteiger charge is -2.42. The summed E-state index contributed by atoms with van der Waals surface area (Å²) in [5, 5.41) is 18.6. The minimum atomic E-state index is -0.974. The molecule has 604 valence electrons. The first-order valence-corrected chi connectivity index (χ1v) is 41.9. The first-order chi connectivity index (χ1) is 49.3. The quantitative estimate of drug-likeness (QED) is 0.0642. The highest BCUT2D eigenvalue weighted by atomic mass is 16.6. The van der Waals surface area contributed by atoms with Crippen molar-refractivity contribution in [1.29, 1.82) is 10.5 Å². The van der Waals surface area contributed by atoms with Crippen molar-refractivity contribution >= 4 is 47.8 Å². The van der Waals surface area contributed by atoms with Crippen molar-refractivity contribution in [3.05, 3.63) is 0 Å². The molecule has 0 aromatic carbocycles. The molecule has 0 amide bonds. The summed E-state index contributed by atoms with van der Waals surface area (Å²) in [5.74, 6) is -0.383. The van der Waals surface area contributed by atoms with Gasteiger partial charge in [-0.05, 0) is 276 Å². The van der Waals surface area contributed by atoms with Gasteiger partial charge in [0.15, 0.2) is 10.8 Å². The Bertz CT molecular complexity index is 2970. The van der Waals surface area contributed by atoms with Crippen LogP contribution in [0.2, 0.25) is 0 Å². The summed E-state index contributed by atoms with van der Waals surface area (Å²) in [6.45, 7) is 48.0. The first kappa shape index (κ1) is 91.4. The number of nitrogens with zero attached hydrogens (tertiary/aromatic N) is 2. The number of hydrogen-bond donors (Lipinski definition) is 0. The normalized spacial score (nSPS) is 28.2. The molecular weight excluding hydrogens is 1340 g/mol. The van der Waals surface area contributed by atoms with Gasteiger partial charge in [0.25, 0.3) is 0 Å². The summed E-state index contributed by atoms with van der Waals surface area (Å²) in [6.07, 6.45) is 31.0. The highest BCUT2D eigenvalue weighted by Gasteiger charge is 2.74. The molecule has 0 aromatic heterocycles. The number of ether oxygens (including phenoxy) is 8. The Balaban J connectivity index is 0.000000229. The molecule has 4 bridgehead atoms. The van der Waals surface area contributed by atoms with E-state index in [1.807, 2.05) is 118 Å². The average Bonchev–Trinajstić information content (AvgIpc) is 1.55. The molecule has 0 spiro atoms. The molecule has 10 fully saturated rings. The monoisotopic (exact) mass is 1490 g/mol. The third-order valence-electron chi connectivity index (χ3n) is 28.4. The molecule has 8 saturated carbocycles. The van der Waals surface area contributed by atoms with Gasteiger partial charge in [-0.15, -0.1) is 0 Å². The molecule has 18 nitrogen and oxygen atoms in total. The van der Waals surface area contributed by atoms with Crippen LogP contribution in [0.3, 0.4) is 0 Å². The summed E-state index contributed by atoms with van der Waals surface area (Å²) in [4.78, 5) is 96.9. The topological polar surface area (TPSA) is 258 Å². The maximum atomic E-state index is 12.4. The number of rotatable bonds is 24. The minimum absolute atomic E-state index is 0.00993. The molecule has 11 unspecified atom stereocenters. The molecule has 106 heavy (non-hydrogen) atoms. The lowest BCUT2D eigenvalue weighted by atomic mass is 9.73. The van der Waals surface area contributed by atoms with E-state index in [0.717, 1.165) is 89.9 Å². The van der Waals surface area contributed by atoms with Crippen LogP contribution in [0.15, 0.2) is 0 Å².